The molecule has 0 saturated carbocycles. The number of nitrogens with zero attached hydrogens (tertiary/aromatic N) is 5. The molecule has 1 amide bonds. The normalized spacial score (nSPS) is 15.5. The van der Waals surface area contributed by atoms with Crippen LogP contribution in [0.5, 0.6) is 0 Å². The van der Waals surface area contributed by atoms with Crippen LogP contribution >= 0.6 is 11.8 Å². The van der Waals surface area contributed by atoms with Crippen LogP contribution in [0, 0.1) is 0 Å². The van der Waals surface area contributed by atoms with Crippen LogP contribution in [-0.2, 0) is 11.3 Å². The minimum Gasteiger partial charge on any atom is -0.342 e. The number of rotatable bonds is 5. The van der Waals surface area contributed by atoms with Gasteiger partial charge >= 0.3 is 0 Å². The van der Waals surface area contributed by atoms with Gasteiger partial charge in [0.05, 0.1) is 16.2 Å². The van der Waals surface area contributed by atoms with Crippen molar-refractivity contribution in [2.24, 2.45) is 0 Å². The molecule has 1 aliphatic heterocycles. The molecule has 2 aromatic heterocycles. The SMILES string of the molecule is C=CCn1c(=O)c2ccccc2n2c(S[C@H](C)C(=O)N3CCCC3)nnc12. The molecule has 1 aromatic carbocycles. The number of hydrogen-bond acceptors (Lipinski definition) is 5. The van der Waals surface area contributed by atoms with E-state index in [2.05, 4.69) is 16.8 Å². The van der Waals surface area contributed by atoms with Crippen molar-refractivity contribution >= 4 is 34.3 Å². The van der Waals surface area contributed by atoms with Crippen LogP contribution in [0.4, 0.5) is 0 Å². The van der Waals surface area contributed by atoms with Crippen molar-refractivity contribution in [3.63, 3.8) is 0 Å². The number of thioether (sulfide) groups is 1. The molecule has 0 radical (unpaired) electrons. The van der Waals surface area contributed by atoms with Crippen molar-refractivity contribution in [1.82, 2.24) is 24.1 Å². The van der Waals surface area contributed by atoms with E-state index in [0.29, 0.717) is 22.9 Å². The van der Waals surface area contributed by atoms with Crippen LogP contribution in [0.3, 0.4) is 0 Å². The van der Waals surface area contributed by atoms with Gasteiger partial charge in [-0.25, -0.2) is 0 Å². The van der Waals surface area contributed by atoms with Crippen molar-refractivity contribution in [2.75, 3.05) is 13.1 Å². The predicted molar refractivity (Wildman–Crippen MR) is 106 cm³/mol. The quantitative estimate of drug-likeness (QED) is 0.499. The highest BCUT2D eigenvalue weighted by Crippen LogP contribution is 2.26. The number of carbonyl (C=O) groups is 1. The number of likely N-dealkylation sites (tertiary alicyclic amines) is 1. The van der Waals surface area contributed by atoms with Crippen molar-refractivity contribution in [3.05, 3.63) is 47.3 Å². The van der Waals surface area contributed by atoms with Gasteiger partial charge in [-0.05, 0) is 31.9 Å². The Labute approximate surface area is 160 Å². The number of carbonyl (C=O) groups excluding carboxylic acids is 1. The molecule has 4 rings (SSSR count). The first kappa shape index (κ1) is 17.8. The summed E-state index contributed by atoms with van der Waals surface area (Å²) in [5.41, 5.74) is 0.620. The lowest BCUT2D eigenvalue weighted by Crippen LogP contribution is -2.34. The number of amides is 1. The number of allylic oxidation sites excluding steroid dienone is 1. The molecule has 3 heterocycles. The fourth-order valence-corrected chi connectivity index (χ4v) is 4.45. The van der Waals surface area contributed by atoms with Gasteiger partial charge in [0.25, 0.3) is 5.56 Å². The van der Waals surface area contributed by atoms with Crippen LogP contribution < -0.4 is 5.56 Å². The molecule has 8 heteroatoms. The molecule has 1 aliphatic rings. The third kappa shape index (κ3) is 3.03. The molecule has 7 nitrogen and oxygen atoms in total. The largest absolute Gasteiger partial charge is 0.342 e. The highest BCUT2D eigenvalue weighted by molar-refractivity contribution is 8.00. The molecule has 0 aliphatic carbocycles. The summed E-state index contributed by atoms with van der Waals surface area (Å²) in [6, 6.07) is 7.39. The van der Waals surface area contributed by atoms with Gasteiger partial charge < -0.3 is 4.90 Å². The lowest BCUT2D eigenvalue weighted by molar-refractivity contribution is -0.129. The van der Waals surface area contributed by atoms with Gasteiger partial charge in [0.15, 0.2) is 5.16 Å². The summed E-state index contributed by atoms with van der Waals surface area (Å²) in [5.74, 6) is 0.583. The fraction of sp³-hybridized carbons (Fsp3) is 0.368. The second-order valence-electron chi connectivity index (χ2n) is 6.63. The summed E-state index contributed by atoms with van der Waals surface area (Å²) in [6.45, 7) is 7.63. The Bertz CT molecular complexity index is 1080. The maximum atomic E-state index is 12.8. The van der Waals surface area contributed by atoms with Crippen LogP contribution in [-0.4, -0.2) is 48.3 Å². The summed E-state index contributed by atoms with van der Waals surface area (Å²) < 4.78 is 3.41. The third-order valence-electron chi connectivity index (χ3n) is 4.84. The monoisotopic (exact) mass is 383 g/mol. The van der Waals surface area contributed by atoms with Crippen molar-refractivity contribution in [3.8, 4) is 0 Å². The van der Waals surface area contributed by atoms with Gasteiger partial charge in [-0.1, -0.05) is 30.0 Å². The van der Waals surface area contributed by atoms with Crippen LogP contribution in [0.2, 0.25) is 0 Å². The average Bonchev–Trinajstić information content (AvgIpc) is 3.35. The molecule has 0 bridgehead atoms. The first-order valence-corrected chi connectivity index (χ1v) is 9.93. The average molecular weight is 383 g/mol. The lowest BCUT2D eigenvalue weighted by Gasteiger charge is -2.19. The zero-order valence-corrected chi connectivity index (χ0v) is 16.0. The van der Waals surface area contributed by atoms with E-state index < -0.39 is 0 Å². The Morgan fingerprint density at radius 2 is 2.04 bits per heavy atom. The molecule has 0 N–H and O–H groups in total. The van der Waals surface area contributed by atoms with E-state index in [1.54, 1.807) is 16.7 Å². The van der Waals surface area contributed by atoms with Crippen molar-refractivity contribution < 1.29 is 4.79 Å². The number of hydrogen-bond donors (Lipinski definition) is 0. The minimum atomic E-state index is -0.269. The number of para-hydroxylation sites is 1. The molecule has 140 valence electrons. The van der Waals surface area contributed by atoms with Gasteiger partial charge in [-0.3, -0.25) is 18.6 Å². The molecule has 3 aromatic rings. The van der Waals surface area contributed by atoms with Crippen LogP contribution in [0.25, 0.3) is 16.7 Å². The zero-order chi connectivity index (χ0) is 19.0. The molecular weight excluding hydrogens is 362 g/mol. The smallest absolute Gasteiger partial charge is 0.263 e. The summed E-state index contributed by atoms with van der Waals surface area (Å²) in [4.78, 5) is 27.4. The Kier molecular flexibility index (Phi) is 4.73. The van der Waals surface area contributed by atoms with Crippen molar-refractivity contribution in [1.29, 1.82) is 0 Å². The number of benzene rings is 1. The predicted octanol–water partition coefficient (Wildman–Crippen LogP) is 2.33. The summed E-state index contributed by atoms with van der Waals surface area (Å²) in [5, 5.41) is 9.46. The summed E-state index contributed by atoms with van der Waals surface area (Å²) >= 11 is 1.38. The first-order valence-electron chi connectivity index (χ1n) is 9.05. The van der Waals surface area contributed by atoms with Crippen molar-refractivity contribution in [2.45, 2.75) is 36.7 Å². The molecule has 0 unspecified atom stereocenters. The Hall–Kier alpha value is -2.61. The van der Waals surface area contributed by atoms with E-state index in [4.69, 9.17) is 0 Å². The number of aromatic nitrogens is 4. The topological polar surface area (TPSA) is 72.5 Å². The van der Waals surface area contributed by atoms with Gasteiger partial charge in [0, 0.05) is 19.6 Å². The Morgan fingerprint density at radius 3 is 2.78 bits per heavy atom. The fourth-order valence-electron chi connectivity index (χ4n) is 3.51. The summed E-state index contributed by atoms with van der Waals surface area (Å²) in [6.07, 6.45) is 3.79. The third-order valence-corrected chi connectivity index (χ3v) is 5.87. The van der Waals surface area contributed by atoms with Crippen LogP contribution in [0.1, 0.15) is 19.8 Å². The zero-order valence-electron chi connectivity index (χ0n) is 15.2. The highest BCUT2D eigenvalue weighted by atomic mass is 32.2. The first-order chi connectivity index (χ1) is 13.1. The molecule has 1 saturated heterocycles. The van der Waals surface area contributed by atoms with Gasteiger partial charge in [-0.2, -0.15) is 0 Å². The van der Waals surface area contributed by atoms with E-state index in [9.17, 15) is 9.59 Å². The Morgan fingerprint density at radius 1 is 1.30 bits per heavy atom. The van der Waals surface area contributed by atoms with Gasteiger partial charge in [-0.15, -0.1) is 16.8 Å². The van der Waals surface area contributed by atoms with E-state index in [1.807, 2.05) is 34.4 Å². The molecule has 1 fully saturated rings. The van der Waals surface area contributed by atoms with E-state index in [1.165, 1.54) is 11.8 Å². The van der Waals surface area contributed by atoms with E-state index >= 15 is 0 Å². The maximum absolute atomic E-state index is 12.8. The second kappa shape index (κ2) is 7.19. The standard InChI is InChI=1S/C19H21N5O2S/c1-3-10-23-17(26)14-8-4-5-9-15(14)24-18(23)20-21-19(24)27-13(2)16(25)22-11-6-7-12-22/h3-5,8-9,13H,1,6-7,10-12H2,2H3/t13-/m1/s1. The molecule has 1 atom stereocenters. The molecular formula is C19H21N5O2S. The summed E-state index contributed by atoms with van der Waals surface area (Å²) in [7, 11) is 0. The Balaban J connectivity index is 1.81. The second-order valence-corrected chi connectivity index (χ2v) is 7.94. The van der Waals surface area contributed by atoms with E-state index in [-0.39, 0.29) is 16.7 Å². The maximum Gasteiger partial charge on any atom is 0.263 e. The molecule has 0 spiro atoms. The highest BCUT2D eigenvalue weighted by Gasteiger charge is 2.26. The molecule has 27 heavy (non-hydrogen) atoms. The van der Waals surface area contributed by atoms with Crippen LogP contribution in [0.15, 0.2) is 46.9 Å². The minimum absolute atomic E-state index is 0.122. The number of fused-ring (bicyclic) bond motifs is 3. The van der Waals surface area contributed by atoms with E-state index in [0.717, 1.165) is 31.4 Å². The lowest BCUT2D eigenvalue weighted by atomic mass is 10.2. The van der Waals surface area contributed by atoms with Gasteiger partial charge in [0.2, 0.25) is 11.7 Å². The van der Waals surface area contributed by atoms with Gasteiger partial charge in [0.1, 0.15) is 0 Å².